The Hall–Kier alpha value is -2.66. The molecule has 2 heterocycles. The van der Waals surface area contributed by atoms with Crippen molar-refractivity contribution in [2.45, 2.75) is 45.2 Å². The molecule has 0 aromatic heterocycles. The SMILES string of the molecule is CC1CCCN(Cc2ccccc2CNC(=O)C2CC(=O)Nc3ccccc32)C1. The number of carbonyl (C=O) groups excluding carboxylic acids is 2. The summed E-state index contributed by atoms with van der Waals surface area (Å²) in [6.45, 7) is 5.99. The Balaban J connectivity index is 1.43. The summed E-state index contributed by atoms with van der Waals surface area (Å²) in [5.41, 5.74) is 4.04. The molecule has 4 rings (SSSR count). The number of benzene rings is 2. The highest BCUT2D eigenvalue weighted by Crippen LogP contribution is 2.32. The number of carbonyl (C=O) groups is 2. The largest absolute Gasteiger partial charge is 0.351 e. The molecule has 2 atom stereocenters. The topological polar surface area (TPSA) is 61.4 Å². The monoisotopic (exact) mass is 391 g/mol. The first-order valence-corrected chi connectivity index (χ1v) is 10.6. The first kappa shape index (κ1) is 19.6. The summed E-state index contributed by atoms with van der Waals surface area (Å²) in [6, 6.07) is 15.9. The van der Waals surface area contributed by atoms with Crippen LogP contribution in [0, 0.1) is 5.92 Å². The molecule has 2 amide bonds. The van der Waals surface area contributed by atoms with Gasteiger partial charge in [0.15, 0.2) is 0 Å². The van der Waals surface area contributed by atoms with Gasteiger partial charge in [-0.15, -0.1) is 0 Å². The van der Waals surface area contributed by atoms with Gasteiger partial charge in [-0.2, -0.15) is 0 Å². The van der Waals surface area contributed by atoms with Gasteiger partial charge in [0.25, 0.3) is 0 Å². The van der Waals surface area contributed by atoms with Crippen molar-refractivity contribution in [3.05, 3.63) is 65.2 Å². The quantitative estimate of drug-likeness (QED) is 0.818. The Morgan fingerprint density at radius 1 is 1.14 bits per heavy atom. The lowest BCUT2D eigenvalue weighted by molar-refractivity contribution is -0.126. The van der Waals surface area contributed by atoms with Gasteiger partial charge in [0.2, 0.25) is 11.8 Å². The van der Waals surface area contributed by atoms with E-state index in [-0.39, 0.29) is 18.2 Å². The van der Waals surface area contributed by atoms with E-state index < -0.39 is 5.92 Å². The van der Waals surface area contributed by atoms with Crippen molar-refractivity contribution >= 4 is 17.5 Å². The van der Waals surface area contributed by atoms with Crippen LogP contribution in [0.1, 0.15) is 48.8 Å². The van der Waals surface area contributed by atoms with Crippen molar-refractivity contribution in [2.24, 2.45) is 5.92 Å². The molecule has 0 saturated carbocycles. The zero-order valence-electron chi connectivity index (χ0n) is 17.0. The number of amides is 2. The standard InChI is InChI=1S/C24H29N3O2/c1-17-7-6-12-27(15-17)16-19-9-3-2-8-18(19)14-25-24(29)21-13-23(28)26-22-11-5-4-10-20(21)22/h2-5,8-11,17,21H,6-7,12-16H2,1H3,(H,25,29)(H,26,28). The van der Waals surface area contributed by atoms with Crippen LogP contribution in [0.4, 0.5) is 5.69 Å². The maximum atomic E-state index is 12.9. The van der Waals surface area contributed by atoms with E-state index in [2.05, 4.69) is 40.7 Å². The predicted molar refractivity (Wildman–Crippen MR) is 114 cm³/mol. The molecule has 2 N–H and O–H groups in total. The number of piperidine rings is 1. The van der Waals surface area contributed by atoms with Crippen LogP contribution < -0.4 is 10.6 Å². The van der Waals surface area contributed by atoms with Gasteiger partial charge in [0.05, 0.1) is 5.92 Å². The van der Waals surface area contributed by atoms with Gasteiger partial charge in [-0.1, -0.05) is 49.4 Å². The lowest BCUT2D eigenvalue weighted by Crippen LogP contribution is -2.36. The van der Waals surface area contributed by atoms with Crippen molar-refractivity contribution in [3.63, 3.8) is 0 Å². The van der Waals surface area contributed by atoms with Gasteiger partial charge in [0.1, 0.15) is 0 Å². The molecule has 2 aliphatic rings. The zero-order valence-corrected chi connectivity index (χ0v) is 17.0. The normalized spacial score (nSPS) is 21.9. The van der Waals surface area contributed by atoms with Crippen molar-refractivity contribution in [1.29, 1.82) is 0 Å². The van der Waals surface area contributed by atoms with Gasteiger partial charge in [-0.25, -0.2) is 0 Å². The maximum Gasteiger partial charge on any atom is 0.228 e. The predicted octanol–water partition coefficient (Wildman–Crippen LogP) is 3.66. The number of anilines is 1. The summed E-state index contributed by atoms with van der Waals surface area (Å²) in [6.07, 6.45) is 2.75. The molecule has 0 spiro atoms. The third-order valence-corrected chi connectivity index (χ3v) is 6.02. The molecule has 0 radical (unpaired) electrons. The second kappa shape index (κ2) is 8.78. The van der Waals surface area contributed by atoms with E-state index in [0.717, 1.165) is 42.4 Å². The molecule has 5 nitrogen and oxygen atoms in total. The van der Waals surface area contributed by atoms with Gasteiger partial charge in [0, 0.05) is 31.7 Å². The van der Waals surface area contributed by atoms with E-state index in [9.17, 15) is 9.59 Å². The number of nitrogens with one attached hydrogen (secondary N) is 2. The Labute approximate surface area is 172 Å². The number of rotatable bonds is 5. The smallest absolute Gasteiger partial charge is 0.228 e. The third-order valence-electron chi connectivity index (χ3n) is 6.02. The summed E-state index contributed by atoms with van der Waals surface area (Å²) in [7, 11) is 0. The van der Waals surface area contributed by atoms with Gasteiger partial charge < -0.3 is 10.6 Å². The summed E-state index contributed by atoms with van der Waals surface area (Å²) in [5, 5.41) is 5.93. The molecular weight excluding hydrogens is 362 g/mol. The fraction of sp³-hybridized carbons (Fsp3) is 0.417. The summed E-state index contributed by atoms with van der Waals surface area (Å²) in [4.78, 5) is 27.5. The zero-order chi connectivity index (χ0) is 20.2. The Kier molecular flexibility index (Phi) is 5.95. The minimum Gasteiger partial charge on any atom is -0.351 e. The van der Waals surface area contributed by atoms with Crippen molar-refractivity contribution < 1.29 is 9.59 Å². The molecule has 0 aliphatic carbocycles. The van der Waals surface area contributed by atoms with E-state index in [1.54, 1.807) is 0 Å². The van der Waals surface area contributed by atoms with Crippen LogP contribution in [-0.2, 0) is 22.7 Å². The molecule has 29 heavy (non-hydrogen) atoms. The molecule has 1 saturated heterocycles. The van der Waals surface area contributed by atoms with Crippen LogP contribution in [-0.4, -0.2) is 29.8 Å². The second-order valence-corrected chi connectivity index (χ2v) is 8.36. The molecule has 2 aromatic carbocycles. The average molecular weight is 392 g/mol. The highest BCUT2D eigenvalue weighted by molar-refractivity contribution is 6.01. The van der Waals surface area contributed by atoms with E-state index in [4.69, 9.17) is 0 Å². The lowest BCUT2D eigenvalue weighted by atomic mass is 9.89. The highest BCUT2D eigenvalue weighted by Gasteiger charge is 2.30. The van der Waals surface area contributed by atoms with Crippen LogP contribution in [0.3, 0.4) is 0 Å². The molecule has 2 unspecified atom stereocenters. The summed E-state index contributed by atoms with van der Waals surface area (Å²) < 4.78 is 0. The Morgan fingerprint density at radius 2 is 1.90 bits per heavy atom. The Morgan fingerprint density at radius 3 is 2.72 bits per heavy atom. The number of likely N-dealkylation sites (tertiary alicyclic amines) is 1. The fourth-order valence-electron chi connectivity index (χ4n) is 4.51. The van der Waals surface area contributed by atoms with E-state index in [0.29, 0.717) is 6.54 Å². The first-order chi connectivity index (χ1) is 14.1. The summed E-state index contributed by atoms with van der Waals surface area (Å²) in [5.74, 6) is 0.111. The number of nitrogens with zero attached hydrogens (tertiary/aromatic N) is 1. The van der Waals surface area contributed by atoms with Crippen LogP contribution in [0.25, 0.3) is 0 Å². The number of fused-ring (bicyclic) bond motifs is 1. The molecule has 2 aliphatic heterocycles. The van der Waals surface area contributed by atoms with Crippen LogP contribution in [0.5, 0.6) is 0 Å². The van der Waals surface area contributed by atoms with Gasteiger partial charge in [-0.05, 0) is 48.1 Å². The van der Waals surface area contributed by atoms with Crippen molar-refractivity contribution in [3.8, 4) is 0 Å². The molecule has 0 bridgehead atoms. The minimum atomic E-state index is -0.435. The lowest BCUT2D eigenvalue weighted by Gasteiger charge is -2.31. The van der Waals surface area contributed by atoms with Gasteiger partial charge in [-0.3, -0.25) is 14.5 Å². The van der Waals surface area contributed by atoms with E-state index in [1.807, 2.05) is 30.3 Å². The molecule has 5 heteroatoms. The van der Waals surface area contributed by atoms with Crippen LogP contribution in [0.15, 0.2) is 48.5 Å². The van der Waals surface area contributed by atoms with E-state index in [1.165, 1.54) is 18.4 Å². The minimum absolute atomic E-state index is 0.0892. The van der Waals surface area contributed by atoms with Gasteiger partial charge >= 0.3 is 0 Å². The fourth-order valence-corrected chi connectivity index (χ4v) is 4.51. The van der Waals surface area contributed by atoms with Crippen molar-refractivity contribution in [1.82, 2.24) is 10.2 Å². The molecule has 1 fully saturated rings. The molecule has 2 aromatic rings. The van der Waals surface area contributed by atoms with Crippen LogP contribution >= 0.6 is 0 Å². The average Bonchev–Trinajstić information content (AvgIpc) is 2.72. The number of para-hydroxylation sites is 1. The second-order valence-electron chi connectivity index (χ2n) is 8.36. The number of hydrogen-bond acceptors (Lipinski definition) is 3. The highest BCUT2D eigenvalue weighted by atomic mass is 16.2. The van der Waals surface area contributed by atoms with E-state index >= 15 is 0 Å². The third kappa shape index (κ3) is 4.67. The number of hydrogen-bond donors (Lipinski definition) is 2. The van der Waals surface area contributed by atoms with Crippen molar-refractivity contribution in [2.75, 3.05) is 18.4 Å². The molecular formula is C24H29N3O2. The summed E-state index contributed by atoms with van der Waals surface area (Å²) >= 11 is 0. The first-order valence-electron chi connectivity index (χ1n) is 10.6. The maximum absolute atomic E-state index is 12.9. The van der Waals surface area contributed by atoms with Crippen LogP contribution in [0.2, 0.25) is 0 Å². The Bertz CT molecular complexity index is 895. The molecule has 152 valence electrons.